The zero-order valence-corrected chi connectivity index (χ0v) is 11.8. The molecule has 0 unspecified atom stereocenters. The molecule has 0 aliphatic rings. The lowest BCUT2D eigenvalue weighted by molar-refractivity contribution is 0.0564. The monoisotopic (exact) mass is 319 g/mol. The molecule has 23 heavy (non-hydrogen) atoms. The zero-order chi connectivity index (χ0) is 16.4. The van der Waals surface area contributed by atoms with E-state index < -0.39 is 6.55 Å². The van der Waals surface area contributed by atoms with Crippen LogP contribution >= 0.6 is 0 Å². The van der Waals surface area contributed by atoms with Crippen molar-refractivity contribution in [1.29, 1.82) is 0 Å². The Kier molecular flexibility index (Phi) is 4.07. The number of pyridine rings is 1. The molecule has 0 spiro atoms. The van der Waals surface area contributed by atoms with Crippen molar-refractivity contribution in [3.63, 3.8) is 0 Å². The molecule has 1 aromatic carbocycles. The van der Waals surface area contributed by atoms with E-state index in [1.54, 1.807) is 18.2 Å². The summed E-state index contributed by atoms with van der Waals surface area (Å²) in [4.78, 5) is 8.16. The minimum absolute atomic E-state index is 0.136. The van der Waals surface area contributed by atoms with Crippen LogP contribution in [0.4, 0.5) is 13.2 Å². The molecule has 3 aromatic rings. The molecule has 0 radical (unpaired) electrons. The number of nitrogens with zero attached hydrogens (tertiary/aromatic N) is 4. The molecular weight excluding hydrogens is 307 g/mol. The molecular formula is C15H12F3N5. The predicted molar refractivity (Wildman–Crippen MR) is 77.8 cm³/mol. The molecule has 8 heteroatoms. The number of nitrogens with two attached hydrogens (primary N) is 1. The molecule has 2 aromatic heterocycles. The van der Waals surface area contributed by atoms with Gasteiger partial charge >= 0.3 is 6.55 Å². The first-order valence-corrected chi connectivity index (χ1v) is 6.73. The maximum absolute atomic E-state index is 13.0. The normalized spacial score (nSPS) is 11.2. The van der Waals surface area contributed by atoms with E-state index in [-0.39, 0.29) is 18.2 Å². The van der Waals surface area contributed by atoms with Crippen LogP contribution in [0.3, 0.4) is 0 Å². The molecule has 0 saturated carbocycles. The van der Waals surface area contributed by atoms with Crippen molar-refractivity contribution in [2.45, 2.75) is 13.1 Å². The third-order valence-corrected chi connectivity index (χ3v) is 3.30. The Hall–Kier alpha value is -2.74. The minimum Gasteiger partial charge on any atom is -0.326 e. The fourth-order valence-corrected chi connectivity index (χ4v) is 2.13. The molecule has 0 amide bonds. The van der Waals surface area contributed by atoms with E-state index in [4.69, 9.17) is 5.73 Å². The first-order chi connectivity index (χ1) is 11.1. The Morgan fingerprint density at radius 2 is 1.87 bits per heavy atom. The summed E-state index contributed by atoms with van der Waals surface area (Å²) < 4.78 is 38.8. The van der Waals surface area contributed by atoms with Crippen molar-refractivity contribution in [2.75, 3.05) is 0 Å². The highest BCUT2D eigenvalue weighted by molar-refractivity contribution is 5.69. The Balaban J connectivity index is 2.07. The number of halogens is 3. The summed E-state index contributed by atoms with van der Waals surface area (Å²) >= 11 is 0. The summed E-state index contributed by atoms with van der Waals surface area (Å²) in [5.41, 5.74) is 8.04. The van der Waals surface area contributed by atoms with Crippen LogP contribution in [0.5, 0.6) is 0 Å². The van der Waals surface area contributed by atoms with Crippen LogP contribution in [-0.2, 0) is 6.54 Å². The number of alkyl halides is 2. The Labute approximate surface area is 129 Å². The molecule has 3 rings (SSSR count). The van der Waals surface area contributed by atoms with Gasteiger partial charge in [-0.05, 0) is 35.9 Å². The predicted octanol–water partition coefficient (Wildman–Crippen LogP) is 3.00. The van der Waals surface area contributed by atoms with E-state index in [9.17, 15) is 13.2 Å². The van der Waals surface area contributed by atoms with Crippen LogP contribution in [0.25, 0.3) is 22.6 Å². The van der Waals surface area contributed by atoms with Crippen molar-refractivity contribution < 1.29 is 13.2 Å². The van der Waals surface area contributed by atoms with E-state index in [2.05, 4.69) is 15.1 Å². The summed E-state index contributed by atoms with van der Waals surface area (Å²) in [5, 5.41) is 3.75. The van der Waals surface area contributed by atoms with Gasteiger partial charge in [0.2, 0.25) is 0 Å². The minimum atomic E-state index is -2.77. The van der Waals surface area contributed by atoms with Gasteiger partial charge in [-0.25, -0.2) is 9.37 Å². The maximum atomic E-state index is 13.0. The van der Waals surface area contributed by atoms with Crippen molar-refractivity contribution in [1.82, 2.24) is 19.7 Å². The fraction of sp³-hybridized carbons (Fsp3) is 0.133. The van der Waals surface area contributed by atoms with Crippen LogP contribution in [0.15, 0.2) is 42.9 Å². The van der Waals surface area contributed by atoms with Gasteiger partial charge in [-0.1, -0.05) is 0 Å². The van der Waals surface area contributed by atoms with Crippen LogP contribution in [0.2, 0.25) is 0 Å². The summed E-state index contributed by atoms with van der Waals surface area (Å²) in [7, 11) is 0. The molecule has 5 nitrogen and oxygen atoms in total. The lowest BCUT2D eigenvalue weighted by atomic mass is 10.0. The Morgan fingerprint density at radius 1 is 1.13 bits per heavy atom. The summed E-state index contributed by atoms with van der Waals surface area (Å²) in [6, 6.07) is 7.44. The third kappa shape index (κ3) is 3.07. The van der Waals surface area contributed by atoms with E-state index in [1.165, 1.54) is 18.3 Å². The van der Waals surface area contributed by atoms with E-state index in [0.717, 1.165) is 6.33 Å². The average molecular weight is 319 g/mol. The number of benzene rings is 1. The largest absolute Gasteiger partial charge is 0.334 e. The molecule has 0 aliphatic carbocycles. The zero-order valence-electron chi connectivity index (χ0n) is 11.8. The quantitative estimate of drug-likeness (QED) is 0.802. The molecule has 0 atom stereocenters. The highest BCUT2D eigenvalue weighted by atomic mass is 19.3. The number of hydrogen-bond donors (Lipinski definition) is 1. The number of rotatable bonds is 4. The van der Waals surface area contributed by atoms with Gasteiger partial charge in [0.05, 0.1) is 5.69 Å². The maximum Gasteiger partial charge on any atom is 0.334 e. The van der Waals surface area contributed by atoms with Crippen molar-refractivity contribution in [3.05, 3.63) is 54.2 Å². The van der Waals surface area contributed by atoms with Gasteiger partial charge in [-0.15, -0.1) is 5.10 Å². The Morgan fingerprint density at radius 3 is 2.48 bits per heavy atom. The van der Waals surface area contributed by atoms with Crippen LogP contribution in [0, 0.1) is 5.82 Å². The van der Waals surface area contributed by atoms with Crippen molar-refractivity contribution in [2.24, 2.45) is 5.73 Å². The average Bonchev–Trinajstić information content (AvgIpc) is 3.05. The van der Waals surface area contributed by atoms with Crippen molar-refractivity contribution >= 4 is 0 Å². The van der Waals surface area contributed by atoms with Gasteiger partial charge in [0.1, 0.15) is 12.1 Å². The van der Waals surface area contributed by atoms with Gasteiger partial charge in [0, 0.05) is 23.9 Å². The molecule has 2 N–H and O–H groups in total. The first-order valence-electron chi connectivity index (χ1n) is 6.73. The Bertz CT molecular complexity index is 814. The lowest BCUT2D eigenvalue weighted by Gasteiger charge is -2.07. The van der Waals surface area contributed by atoms with Crippen LogP contribution < -0.4 is 5.73 Å². The SMILES string of the molecule is NCc1cnc(-c2ccc(F)cc2)cc1-c1ncn(C(F)F)n1. The highest BCUT2D eigenvalue weighted by Crippen LogP contribution is 2.26. The van der Waals surface area contributed by atoms with Gasteiger partial charge in [0.15, 0.2) is 5.82 Å². The standard InChI is InChI=1S/C15H12F3N5/c16-11-3-1-9(2-4-11)13-5-12(10(6-19)7-20-13)14-21-8-23(22-14)15(17)18/h1-5,7-8,15H,6,19H2. The number of hydrogen-bond acceptors (Lipinski definition) is 4. The number of aromatic nitrogens is 4. The second-order valence-corrected chi connectivity index (χ2v) is 4.76. The molecule has 0 saturated heterocycles. The van der Waals surface area contributed by atoms with Gasteiger partial charge in [-0.2, -0.15) is 13.5 Å². The summed E-state index contributed by atoms with van der Waals surface area (Å²) in [5.74, 6) is -0.221. The molecule has 0 bridgehead atoms. The third-order valence-electron chi connectivity index (χ3n) is 3.30. The van der Waals surface area contributed by atoms with E-state index in [0.29, 0.717) is 27.1 Å². The van der Waals surface area contributed by atoms with Gasteiger partial charge < -0.3 is 5.73 Å². The van der Waals surface area contributed by atoms with Crippen LogP contribution in [-0.4, -0.2) is 19.7 Å². The summed E-state index contributed by atoms with van der Waals surface area (Å²) in [6.07, 6.45) is 2.50. The summed E-state index contributed by atoms with van der Waals surface area (Å²) in [6.45, 7) is -2.61. The van der Waals surface area contributed by atoms with E-state index in [1.807, 2.05) is 0 Å². The molecule has 0 fully saturated rings. The topological polar surface area (TPSA) is 69.6 Å². The van der Waals surface area contributed by atoms with Gasteiger partial charge in [0.25, 0.3) is 0 Å². The first kappa shape index (κ1) is 15.2. The van der Waals surface area contributed by atoms with E-state index >= 15 is 0 Å². The van der Waals surface area contributed by atoms with Gasteiger partial charge in [-0.3, -0.25) is 4.98 Å². The second kappa shape index (κ2) is 6.17. The fourth-order valence-electron chi connectivity index (χ4n) is 2.13. The second-order valence-electron chi connectivity index (χ2n) is 4.76. The van der Waals surface area contributed by atoms with Crippen LogP contribution in [0.1, 0.15) is 12.1 Å². The van der Waals surface area contributed by atoms with Crippen molar-refractivity contribution in [3.8, 4) is 22.6 Å². The molecule has 2 heterocycles. The lowest BCUT2D eigenvalue weighted by Crippen LogP contribution is -2.03. The highest BCUT2D eigenvalue weighted by Gasteiger charge is 2.15. The smallest absolute Gasteiger partial charge is 0.326 e. The molecule has 118 valence electrons. The molecule has 0 aliphatic heterocycles.